The number of fused-ring (bicyclic) bond motifs is 3. The van der Waals surface area contributed by atoms with E-state index in [0.717, 1.165) is 22.3 Å². The van der Waals surface area contributed by atoms with Crippen LogP contribution in [0.1, 0.15) is 18.1 Å². The van der Waals surface area contributed by atoms with E-state index in [4.69, 9.17) is 28.4 Å². The molecule has 0 heterocycles. The van der Waals surface area contributed by atoms with Crippen molar-refractivity contribution in [3.63, 3.8) is 0 Å². The lowest BCUT2D eigenvalue weighted by Gasteiger charge is -2.27. The first-order valence-corrected chi connectivity index (χ1v) is 9.62. The largest absolute Gasteiger partial charge is 0.493 e. The molecule has 1 aliphatic carbocycles. The molecule has 0 bridgehead atoms. The Morgan fingerprint density at radius 2 is 1.10 bits per heavy atom. The number of ether oxygens (including phenoxy) is 6. The van der Waals surface area contributed by atoms with Crippen molar-refractivity contribution in [3.05, 3.63) is 23.3 Å². The van der Waals surface area contributed by atoms with Gasteiger partial charge in [0.2, 0.25) is 11.5 Å². The fourth-order valence-electron chi connectivity index (χ4n) is 4.07. The minimum absolute atomic E-state index is 0.130. The molecule has 7 nitrogen and oxygen atoms in total. The average Bonchev–Trinajstić information content (AvgIpc) is 2.76. The third kappa shape index (κ3) is 3.38. The van der Waals surface area contributed by atoms with Crippen LogP contribution >= 0.6 is 0 Å². The van der Waals surface area contributed by atoms with Gasteiger partial charge in [-0.25, -0.2) is 0 Å². The van der Waals surface area contributed by atoms with Crippen molar-refractivity contribution in [2.45, 2.75) is 19.8 Å². The Morgan fingerprint density at radius 3 is 1.53 bits per heavy atom. The lowest BCUT2D eigenvalue weighted by atomic mass is 9.81. The van der Waals surface area contributed by atoms with Crippen molar-refractivity contribution in [2.24, 2.45) is 5.92 Å². The van der Waals surface area contributed by atoms with Gasteiger partial charge in [-0.3, -0.25) is 4.79 Å². The normalized spacial score (nSPS) is 15.3. The average molecular weight is 416 g/mol. The highest BCUT2D eigenvalue weighted by molar-refractivity contribution is 5.94. The van der Waals surface area contributed by atoms with E-state index < -0.39 is 0 Å². The van der Waals surface area contributed by atoms with E-state index in [0.29, 0.717) is 40.9 Å². The van der Waals surface area contributed by atoms with Crippen LogP contribution < -0.4 is 28.4 Å². The monoisotopic (exact) mass is 416 g/mol. The lowest BCUT2D eigenvalue weighted by Crippen LogP contribution is -2.20. The topological polar surface area (TPSA) is 72.5 Å². The van der Waals surface area contributed by atoms with Gasteiger partial charge in [-0.15, -0.1) is 0 Å². The van der Waals surface area contributed by atoms with Crippen LogP contribution in [0.5, 0.6) is 34.5 Å². The molecule has 0 saturated heterocycles. The lowest BCUT2D eigenvalue weighted by molar-refractivity contribution is -0.121. The summed E-state index contributed by atoms with van der Waals surface area (Å²) in [5.74, 6) is 2.89. The zero-order chi connectivity index (χ0) is 22.0. The highest BCUT2D eigenvalue weighted by Gasteiger charge is 2.33. The van der Waals surface area contributed by atoms with E-state index in [1.165, 1.54) is 0 Å². The van der Waals surface area contributed by atoms with E-state index in [9.17, 15) is 4.79 Å². The Kier molecular flexibility index (Phi) is 6.29. The molecule has 0 aliphatic heterocycles. The predicted molar refractivity (Wildman–Crippen MR) is 113 cm³/mol. The van der Waals surface area contributed by atoms with Crippen molar-refractivity contribution in [1.82, 2.24) is 0 Å². The predicted octanol–water partition coefficient (Wildman–Crippen LogP) is 3.71. The van der Waals surface area contributed by atoms with Crippen LogP contribution in [-0.2, 0) is 17.6 Å². The van der Waals surface area contributed by atoms with E-state index >= 15 is 0 Å². The van der Waals surface area contributed by atoms with Crippen molar-refractivity contribution >= 4 is 5.78 Å². The summed E-state index contributed by atoms with van der Waals surface area (Å²) < 4.78 is 33.9. The molecule has 1 atom stereocenters. The summed E-state index contributed by atoms with van der Waals surface area (Å²) in [5, 5.41) is 0. The number of carbonyl (C=O) groups excluding carboxylic acids is 1. The minimum Gasteiger partial charge on any atom is -0.493 e. The van der Waals surface area contributed by atoms with Gasteiger partial charge in [-0.05, 0) is 29.7 Å². The van der Waals surface area contributed by atoms with Crippen molar-refractivity contribution in [2.75, 3.05) is 42.7 Å². The second kappa shape index (κ2) is 8.73. The maximum absolute atomic E-state index is 12.9. The van der Waals surface area contributed by atoms with E-state index in [1.807, 2.05) is 19.1 Å². The van der Waals surface area contributed by atoms with Crippen LogP contribution in [0.15, 0.2) is 12.1 Å². The zero-order valence-corrected chi connectivity index (χ0v) is 18.5. The van der Waals surface area contributed by atoms with Gasteiger partial charge in [-0.1, -0.05) is 6.92 Å². The van der Waals surface area contributed by atoms with Crippen molar-refractivity contribution in [3.8, 4) is 45.6 Å². The van der Waals surface area contributed by atoms with E-state index in [-0.39, 0.29) is 18.1 Å². The second-order valence-corrected chi connectivity index (χ2v) is 7.11. The summed E-state index contributed by atoms with van der Waals surface area (Å²) in [7, 11) is 9.39. The molecular weight excluding hydrogens is 388 g/mol. The highest BCUT2D eigenvalue weighted by atomic mass is 16.5. The Labute approximate surface area is 176 Å². The Balaban J connectivity index is 2.53. The fraction of sp³-hybridized carbons (Fsp3) is 0.435. The summed E-state index contributed by atoms with van der Waals surface area (Å²) in [4.78, 5) is 12.9. The zero-order valence-electron chi connectivity index (χ0n) is 18.5. The van der Waals surface area contributed by atoms with Crippen LogP contribution in [0.2, 0.25) is 0 Å². The summed E-state index contributed by atoms with van der Waals surface area (Å²) in [6.07, 6.45) is 0.770. The molecule has 1 aliphatic rings. The molecule has 0 N–H and O–H groups in total. The van der Waals surface area contributed by atoms with E-state index in [1.54, 1.807) is 42.7 Å². The molecule has 0 aromatic heterocycles. The van der Waals surface area contributed by atoms with Crippen LogP contribution in [0, 0.1) is 5.92 Å². The maximum atomic E-state index is 12.9. The first-order valence-electron chi connectivity index (χ1n) is 9.62. The number of hydrogen-bond acceptors (Lipinski definition) is 7. The number of methoxy groups -OCH3 is 6. The number of hydrogen-bond donors (Lipinski definition) is 0. The van der Waals surface area contributed by atoms with E-state index in [2.05, 4.69) is 0 Å². The highest BCUT2D eigenvalue weighted by Crippen LogP contribution is 2.55. The van der Waals surface area contributed by atoms with Crippen LogP contribution in [-0.4, -0.2) is 48.4 Å². The van der Waals surface area contributed by atoms with Gasteiger partial charge in [0.25, 0.3) is 0 Å². The van der Waals surface area contributed by atoms with Crippen LogP contribution in [0.3, 0.4) is 0 Å². The molecule has 7 heteroatoms. The van der Waals surface area contributed by atoms with Gasteiger partial charge in [0.05, 0.1) is 42.7 Å². The molecule has 0 unspecified atom stereocenters. The minimum atomic E-state index is -0.182. The Hall–Kier alpha value is -3.09. The van der Waals surface area contributed by atoms with Crippen LogP contribution in [0.25, 0.3) is 11.1 Å². The molecule has 2 aromatic carbocycles. The molecule has 0 amide bonds. The summed E-state index contributed by atoms with van der Waals surface area (Å²) in [6.45, 7) is 1.93. The molecule has 0 fully saturated rings. The van der Waals surface area contributed by atoms with Gasteiger partial charge < -0.3 is 28.4 Å². The number of Topliss-reactive ketones (excluding diaryl/α,β-unsaturated/α-hetero) is 1. The third-order valence-electron chi connectivity index (χ3n) is 5.51. The fourth-order valence-corrected chi connectivity index (χ4v) is 4.07. The molecule has 30 heavy (non-hydrogen) atoms. The Morgan fingerprint density at radius 1 is 0.667 bits per heavy atom. The number of ketones is 1. The van der Waals surface area contributed by atoms with Gasteiger partial charge in [0.15, 0.2) is 23.0 Å². The SMILES string of the molecule is COc1cc2c(c(OC)c1OC)-c1c(cc(OC)c(OC)c1OC)C[C@@H](C)C(=O)C2. The summed E-state index contributed by atoms with van der Waals surface area (Å²) in [5.41, 5.74) is 3.19. The molecule has 3 rings (SSSR count). The van der Waals surface area contributed by atoms with Gasteiger partial charge in [0.1, 0.15) is 5.78 Å². The number of rotatable bonds is 6. The summed E-state index contributed by atoms with van der Waals surface area (Å²) in [6, 6.07) is 3.72. The smallest absolute Gasteiger partial charge is 0.203 e. The summed E-state index contributed by atoms with van der Waals surface area (Å²) >= 11 is 0. The molecular formula is C23H28O7. The van der Waals surface area contributed by atoms with Gasteiger partial charge in [0, 0.05) is 23.5 Å². The van der Waals surface area contributed by atoms with Crippen molar-refractivity contribution in [1.29, 1.82) is 0 Å². The molecule has 2 aromatic rings. The van der Waals surface area contributed by atoms with Crippen LogP contribution in [0.4, 0.5) is 0 Å². The molecule has 162 valence electrons. The standard InChI is InChI=1S/C23H28O7/c1-12-8-13-10-16(25-2)20(27-4)22(29-6)18(13)19-14(9-15(12)24)11-17(26-3)21(28-5)23(19)30-7/h10-12H,8-9H2,1-7H3/t12-/m1/s1. The third-order valence-corrected chi connectivity index (χ3v) is 5.51. The Bertz CT molecular complexity index is 965. The quantitative estimate of drug-likeness (QED) is 0.711. The number of benzene rings is 2. The first kappa shape index (κ1) is 21.6. The van der Waals surface area contributed by atoms with Gasteiger partial charge in [-0.2, -0.15) is 0 Å². The number of carbonyl (C=O) groups is 1. The molecule has 0 spiro atoms. The molecule has 0 saturated carbocycles. The second-order valence-electron chi connectivity index (χ2n) is 7.11. The van der Waals surface area contributed by atoms with Crippen molar-refractivity contribution < 1.29 is 33.2 Å². The van der Waals surface area contributed by atoms with Gasteiger partial charge >= 0.3 is 0 Å². The maximum Gasteiger partial charge on any atom is 0.203 e. The first-order chi connectivity index (χ1) is 14.4. The molecule has 0 radical (unpaired) electrons.